The van der Waals surface area contributed by atoms with Crippen molar-refractivity contribution >= 4 is 40.5 Å². The molecule has 2 rings (SSSR count). The van der Waals surface area contributed by atoms with Crippen LogP contribution in [-0.2, 0) is 27.4 Å². The lowest BCUT2D eigenvalue weighted by atomic mass is 10.0. The summed E-state index contributed by atoms with van der Waals surface area (Å²) in [7, 11) is 0. The molecular weight excluding hydrogens is 497 g/mol. The van der Waals surface area contributed by atoms with Crippen molar-refractivity contribution in [3.8, 4) is 0 Å². The van der Waals surface area contributed by atoms with Gasteiger partial charge in [0.2, 0.25) is 11.8 Å². The molecule has 8 heteroatoms. The fourth-order valence-electron chi connectivity index (χ4n) is 2.79. The number of amides is 3. The van der Waals surface area contributed by atoms with Crippen molar-refractivity contribution in [2.24, 2.45) is 11.7 Å². The van der Waals surface area contributed by atoms with E-state index in [9.17, 15) is 14.4 Å². The Balaban J connectivity index is 1.99. The molecule has 30 heavy (non-hydrogen) atoms. The molecule has 0 fully saturated rings. The van der Waals surface area contributed by atoms with Gasteiger partial charge in [-0.15, -0.1) is 0 Å². The SMILES string of the molecule is CC(C)[C@H](NC(=O)OCc1ccccc1)C(=O)N[C@@H](Cc1ccccc1I)C(N)=O. The minimum atomic E-state index is -0.892. The van der Waals surface area contributed by atoms with E-state index in [-0.39, 0.29) is 18.9 Å². The maximum atomic E-state index is 12.8. The average molecular weight is 523 g/mol. The normalized spacial score (nSPS) is 12.7. The Morgan fingerprint density at radius 3 is 2.23 bits per heavy atom. The molecule has 0 saturated carbocycles. The maximum absolute atomic E-state index is 12.8. The second kappa shape index (κ2) is 11.5. The van der Waals surface area contributed by atoms with Crippen LogP contribution in [0.4, 0.5) is 4.79 Å². The van der Waals surface area contributed by atoms with Crippen LogP contribution in [0.25, 0.3) is 0 Å². The van der Waals surface area contributed by atoms with Gasteiger partial charge in [0.25, 0.3) is 0 Å². The number of carbonyl (C=O) groups excluding carboxylic acids is 3. The summed E-state index contributed by atoms with van der Waals surface area (Å²) in [6, 6.07) is 15.0. The number of benzene rings is 2. The lowest BCUT2D eigenvalue weighted by Crippen LogP contribution is -2.55. The van der Waals surface area contributed by atoms with Crippen LogP contribution in [0.1, 0.15) is 25.0 Å². The van der Waals surface area contributed by atoms with Gasteiger partial charge in [-0.25, -0.2) is 4.79 Å². The van der Waals surface area contributed by atoms with Gasteiger partial charge in [-0.2, -0.15) is 0 Å². The molecule has 0 radical (unpaired) electrons. The van der Waals surface area contributed by atoms with Crippen molar-refractivity contribution in [2.75, 3.05) is 0 Å². The molecule has 2 atom stereocenters. The average Bonchev–Trinajstić information content (AvgIpc) is 2.71. The number of rotatable bonds is 9. The van der Waals surface area contributed by atoms with Gasteiger partial charge in [-0.05, 0) is 45.7 Å². The molecule has 2 aromatic rings. The highest BCUT2D eigenvalue weighted by molar-refractivity contribution is 14.1. The number of hydrogen-bond donors (Lipinski definition) is 3. The van der Waals surface area contributed by atoms with Crippen LogP contribution in [-0.4, -0.2) is 30.0 Å². The summed E-state index contributed by atoms with van der Waals surface area (Å²) in [4.78, 5) is 36.9. The van der Waals surface area contributed by atoms with Crippen LogP contribution in [0.15, 0.2) is 54.6 Å². The summed E-state index contributed by atoms with van der Waals surface area (Å²) in [5.74, 6) is -1.35. The largest absolute Gasteiger partial charge is 0.445 e. The van der Waals surface area contributed by atoms with E-state index in [4.69, 9.17) is 10.5 Å². The molecule has 7 nitrogen and oxygen atoms in total. The van der Waals surface area contributed by atoms with Gasteiger partial charge in [-0.3, -0.25) is 9.59 Å². The molecule has 0 aliphatic carbocycles. The van der Waals surface area contributed by atoms with Crippen LogP contribution < -0.4 is 16.4 Å². The predicted molar refractivity (Wildman–Crippen MR) is 122 cm³/mol. The zero-order chi connectivity index (χ0) is 22.1. The molecule has 2 aromatic carbocycles. The van der Waals surface area contributed by atoms with E-state index in [1.54, 1.807) is 13.8 Å². The lowest BCUT2D eigenvalue weighted by molar-refractivity contribution is -0.129. The Morgan fingerprint density at radius 1 is 1.00 bits per heavy atom. The standard InChI is InChI=1S/C22H26IN3O4/c1-14(2)19(26-22(29)30-13-15-8-4-3-5-9-15)21(28)25-18(20(24)27)12-16-10-6-7-11-17(16)23/h3-11,14,18-19H,12-13H2,1-2H3,(H2,24,27)(H,25,28)(H,26,29)/t18-,19-/m0/s1. The van der Waals surface area contributed by atoms with Crippen molar-refractivity contribution < 1.29 is 19.1 Å². The first kappa shape index (κ1) is 23.7. The van der Waals surface area contributed by atoms with Crippen molar-refractivity contribution in [1.82, 2.24) is 10.6 Å². The van der Waals surface area contributed by atoms with Gasteiger partial charge in [-0.1, -0.05) is 62.4 Å². The number of halogens is 1. The van der Waals surface area contributed by atoms with Gasteiger partial charge >= 0.3 is 6.09 Å². The molecule has 0 spiro atoms. The Bertz CT molecular complexity index is 874. The molecule has 0 aliphatic heterocycles. The van der Waals surface area contributed by atoms with Gasteiger partial charge in [0.1, 0.15) is 18.7 Å². The number of hydrogen-bond acceptors (Lipinski definition) is 4. The van der Waals surface area contributed by atoms with Gasteiger partial charge in [0.05, 0.1) is 0 Å². The molecule has 3 amide bonds. The summed E-state index contributed by atoms with van der Waals surface area (Å²) in [5, 5.41) is 5.24. The molecular formula is C22H26IN3O4. The first-order valence-electron chi connectivity index (χ1n) is 9.58. The first-order valence-corrected chi connectivity index (χ1v) is 10.7. The Kier molecular flexibility index (Phi) is 9.10. The van der Waals surface area contributed by atoms with Crippen molar-refractivity contribution in [3.63, 3.8) is 0 Å². The number of primary amides is 1. The molecule has 0 aromatic heterocycles. The quantitative estimate of drug-likeness (QED) is 0.439. The molecule has 4 N–H and O–H groups in total. The summed E-state index contributed by atoms with van der Waals surface area (Å²) < 4.78 is 6.17. The minimum Gasteiger partial charge on any atom is -0.445 e. The number of nitrogens with one attached hydrogen (secondary N) is 2. The fraction of sp³-hybridized carbons (Fsp3) is 0.318. The molecule has 160 valence electrons. The predicted octanol–water partition coefficient (Wildman–Crippen LogP) is 2.75. The number of nitrogens with two attached hydrogens (primary N) is 1. The summed E-state index contributed by atoms with van der Waals surface area (Å²) in [6.07, 6.45) is -0.440. The fourth-order valence-corrected chi connectivity index (χ4v) is 3.40. The summed E-state index contributed by atoms with van der Waals surface area (Å²) >= 11 is 2.17. The highest BCUT2D eigenvalue weighted by Gasteiger charge is 2.28. The van der Waals surface area contributed by atoms with Crippen LogP contribution in [0.5, 0.6) is 0 Å². The minimum absolute atomic E-state index is 0.0927. The second-order valence-electron chi connectivity index (χ2n) is 7.19. The van der Waals surface area contributed by atoms with Crippen molar-refractivity contribution in [3.05, 3.63) is 69.3 Å². The highest BCUT2D eigenvalue weighted by atomic mass is 127. The molecule has 0 aliphatic rings. The Hall–Kier alpha value is -2.62. The van der Waals surface area contributed by atoms with Gasteiger partial charge in [0.15, 0.2) is 0 Å². The van der Waals surface area contributed by atoms with Crippen molar-refractivity contribution in [2.45, 2.75) is 39.0 Å². The second-order valence-corrected chi connectivity index (χ2v) is 8.35. The molecule has 0 heterocycles. The Labute approximate surface area is 189 Å². The number of ether oxygens (including phenoxy) is 1. The third-order valence-electron chi connectivity index (χ3n) is 4.48. The van der Waals surface area contributed by atoms with E-state index in [1.165, 1.54) is 0 Å². The zero-order valence-corrected chi connectivity index (χ0v) is 19.1. The van der Waals surface area contributed by atoms with E-state index in [0.717, 1.165) is 14.7 Å². The third-order valence-corrected chi connectivity index (χ3v) is 5.53. The van der Waals surface area contributed by atoms with Gasteiger partial charge < -0.3 is 21.1 Å². The maximum Gasteiger partial charge on any atom is 0.408 e. The van der Waals surface area contributed by atoms with Crippen LogP contribution in [0.3, 0.4) is 0 Å². The molecule has 0 bridgehead atoms. The third kappa shape index (κ3) is 7.33. The highest BCUT2D eigenvalue weighted by Crippen LogP contribution is 2.14. The van der Waals surface area contributed by atoms with E-state index in [0.29, 0.717) is 0 Å². The van der Waals surface area contributed by atoms with E-state index < -0.39 is 30.0 Å². The van der Waals surface area contributed by atoms with E-state index in [1.807, 2.05) is 54.6 Å². The van der Waals surface area contributed by atoms with Crippen LogP contribution in [0, 0.1) is 9.49 Å². The smallest absolute Gasteiger partial charge is 0.408 e. The topological polar surface area (TPSA) is 111 Å². The van der Waals surface area contributed by atoms with E-state index in [2.05, 4.69) is 33.2 Å². The number of carbonyl (C=O) groups is 3. The summed E-state index contributed by atoms with van der Waals surface area (Å²) in [5.41, 5.74) is 7.24. The lowest BCUT2D eigenvalue weighted by Gasteiger charge is -2.24. The summed E-state index contributed by atoms with van der Waals surface area (Å²) in [6.45, 7) is 3.68. The van der Waals surface area contributed by atoms with Crippen LogP contribution >= 0.6 is 22.6 Å². The molecule has 0 saturated heterocycles. The Morgan fingerprint density at radius 2 is 1.63 bits per heavy atom. The zero-order valence-electron chi connectivity index (χ0n) is 16.9. The monoisotopic (exact) mass is 523 g/mol. The molecule has 0 unspecified atom stereocenters. The van der Waals surface area contributed by atoms with Gasteiger partial charge in [0, 0.05) is 9.99 Å². The number of alkyl carbamates (subject to hydrolysis) is 1. The first-order chi connectivity index (χ1) is 14.3. The van der Waals surface area contributed by atoms with E-state index >= 15 is 0 Å². The van der Waals surface area contributed by atoms with Crippen molar-refractivity contribution in [1.29, 1.82) is 0 Å². The van der Waals surface area contributed by atoms with Crippen LogP contribution in [0.2, 0.25) is 0 Å².